The smallest absolute Gasteiger partial charge is 0.323 e. The lowest BCUT2D eigenvalue weighted by molar-refractivity contribution is -0.115. The van der Waals surface area contributed by atoms with Crippen LogP contribution >= 0.6 is 11.3 Å². The number of aromatic nitrogens is 1. The minimum absolute atomic E-state index is 0.146. The molecule has 0 spiro atoms. The summed E-state index contributed by atoms with van der Waals surface area (Å²) in [5.74, 6) is 0.565. The van der Waals surface area contributed by atoms with Crippen LogP contribution in [0.15, 0.2) is 29.6 Å². The van der Waals surface area contributed by atoms with Crippen molar-refractivity contribution in [2.75, 3.05) is 51.0 Å². The van der Waals surface area contributed by atoms with E-state index in [9.17, 15) is 9.59 Å². The first-order valence-electron chi connectivity index (χ1n) is 8.66. The van der Waals surface area contributed by atoms with E-state index in [4.69, 9.17) is 4.74 Å². The molecule has 1 aromatic heterocycles. The summed E-state index contributed by atoms with van der Waals surface area (Å²) in [4.78, 5) is 32.7. The molecule has 1 aromatic carbocycles. The first kappa shape index (κ1) is 19.1. The van der Waals surface area contributed by atoms with Crippen molar-refractivity contribution >= 4 is 34.1 Å². The standard InChI is InChI=1S/C18H23N5O3S/c1-22-7-9-23(10-8-22)18(25)21-17-20-14(12-27-17)11-16(24)19-13-3-5-15(26-2)6-4-13/h3-6,12H,7-11H2,1-2H3,(H,19,24)(H,20,21,25). The number of methoxy groups -OCH3 is 1. The third-order valence-electron chi connectivity index (χ3n) is 4.27. The SMILES string of the molecule is COc1ccc(NC(=O)Cc2csc(NC(=O)N3CCN(C)CC3)n2)cc1. The van der Waals surface area contributed by atoms with Gasteiger partial charge in [-0.2, -0.15) is 0 Å². The fraction of sp³-hybridized carbons (Fsp3) is 0.389. The monoisotopic (exact) mass is 389 g/mol. The molecule has 0 saturated carbocycles. The molecule has 2 N–H and O–H groups in total. The van der Waals surface area contributed by atoms with Crippen molar-refractivity contribution in [2.24, 2.45) is 0 Å². The molecule has 1 aliphatic rings. The summed E-state index contributed by atoms with van der Waals surface area (Å²) in [5, 5.41) is 7.92. The average molecular weight is 389 g/mol. The van der Waals surface area contributed by atoms with Gasteiger partial charge in [0.1, 0.15) is 5.75 Å². The van der Waals surface area contributed by atoms with Crippen LogP contribution in [0.1, 0.15) is 5.69 Å². The van der Waals surface area contributed by atoms with Crippen LogP contribution in [-0.2, 0) is 11.2 Å². The Kier molecular flexibility index (Phi) is 6.25. The number of piperazine rings is 1. The van der Waals surface area contributed by atoms with Crippen LogP contribution in [0.4, 0.5) is 15.6 Å². The second-order valence-corrected chi connectivity index (χ2v) is 7.18. The van der Waals surface area contributed by atoms with Crippen molar-refractivity contribution in [3.05, 3.63) is 35.3 Å². The number of carbonyl (C=O) groups excluding carboxylic acids is 2. The average Bonchev–Trinajstić information content (AvgIpc) is 3.09. The first-order valence-corrected chi connectivity index (χ1v) is 9.54. The van der Waals surface area contributed by atoms with Gasteiger partial charge in [0.2, 0.25) is 5.91 Å². The van der Waals surface area contributed by atoms with Crippen LogP contribution in [0.3, 0.4) is 0 Å². The third kappa shape index (κ3) is 5.41. The molecule has 1 fully saturated rings. The fourth-order valence-corrected chi connectivity index (χ4v) is 3.37. The van der Waals surface area contributed by atoms with Gasteiger partial charge in [0, 0.05) is 37.2 Å². The number of thiazole rings is 1. The Balaban J connectivity index is 1.49. The summed E-state index contributed by atoms with van der Waals surface area (Å²) in [6.07, 6.45) is 0.146. The molecule has 0 bridgehead atoms. The molecule has 27 heavy (non-hydrogen) atoms. The Hall–Kier alpha value is -2.65. The van der Waals surface area contributed by atoms with Gasteiger partial charge in [-0.05, 0) is 31.3 Å². The predicted octanol–water partition coefficient (Wildman–Crippen LogP) is 2.11. The number of hydrogen-bond acceptors (Lipinski definition) is 6. The van der Waals surface area contributed by atoms with E-state index in [2.05, 4.69) is 20.5 Å². The molecule has 3 amide bonds. The minimum Gasteiger partial charge on any atom is -0.497 e. The van der Waals surface area contributed by atoms with Gasteiger partial charge in [0.25, 0.3) is 0 Å². The largest absolute Gasteiger partial charge is 0.497 e. The Morgan fingerprint density at radius 3 is 2.52 bits per heavy atom. The number of benzene rings is 1. The van der Waals surface area contributed by atoms with Gasteiger partial charge in [-0.3, -0.25) is 10.1 Å². The van der Waals surface area contributed by atoms with Crippen molar-refractivity contribution in [1.82, 2.24) is 14.8 Å². The van der Waals surface area contributed by atoms with Crippen molar-refractivity contribution < 1.29 is 14.3 Å². The van der Waals surface area contributed by atoms with Crippen LogP contribution in [0.2, 0.25) is 0 Å². The topological polar surface area (TPSA) is 86.8 Å². The van der Waals surface area contributed by atoms with Crippen molar-refractivity contribution in [2.45, 2.75) is 6.42 Å². The van der Waals surface area contributed by atoms with E-state index in [0.717, 1.165) is 18.8 Å². The van der Waals surface area contributed by atoms with Gasteiger partial charge >= 0.3 is 6.03 Å². The number of carbonyl (C=O) groups is 2. The van der Waals surface area contributed by atoms with E-state index in [1.165, 1.54) is 11.3 Å². The summed E-state index contributed by atoms with van der Waals surface area (Å²) in [7, 11) is 3.63. The number of anilines is 2. The van der Waals surface area contributed by atoms with Gasteiger partial charge in [0.15, 0.2) is 5.13 Å². The van der Waals surface area contributed by atoms with Gasteiger partial charge in [-0.15, -0.1) is 11.3 Å². The maximum atomic E-state index is 12.3. The van der Waals surface area contributed by atoms with E-state index in [0.29, 0.717) is 29.6 Å². The molecule has 9 heteroatoms. The number of nitrogens with one attached hydrogen (secondary N) is 2. The lowest BCUT2D eigenvalue weighted by Gasteiger charge is -2.32. The molecular formula is C18H23N5O3S. The number of amides is 3. The molecule has 2 aromatic rings. The highest BCUT2D eigenvalue weighted by molar-refractivity contribution is 7.13. The highest BCUT2D eigenvalue weighted by atomic mass is 32.1. The molecule has 8 nitrogen and oxygen atoms in total. The van der Waals surface area contributed by atoms with Crippen LogP contribution in [0, 0.1) is 0 Å². The molecule has 144 valence electrons. The molecule has 0 aliphatic carbocycles. The van der Waals surface area contributed by atoms with Crippen LogP contribution < -0.4 is 15.4 Å². The lowest BCUT2D eigenvalue weighted by atomic mass is 10.2. The van der Waals surface area contributed by atoms with E-state index >= 15 is 0 Å². The Morgan fingerprint density at radius 1 is 1.15 bits per heavy atom. The van der Waals surface area contributed by atoms with Crippen molar-refractivity contribution in [3.63, 3.8) is 0 Å². The Morgan fingerprint density at radius 2 is 1.85 bits per heavy atom. The summed E-state index contributed by atoms with van der Waals surface area (Å²) >= 11 is 1.32. The maximum Gasteiger partial charge on any atom is 0.323 e. The highest BCUT2D eigenvalue weighted by Crippen LogP contribution is 2.18. The van der Waals surface area contributed by atoms with Crippen LogP contribution in [0.25, 0.3) is 0 Å². The summed E-state index contributed by atoms with van der Waals surface area (Å²) in [5.41, 5.74) is 1.32. The second-order valence-electron chi connectivity index (χ2n) is 6.32. The Labute approximate surface area is 162 Å². The Bertz CT molecular complexity index is 785. The number of hydrogen-bond donors (Lipinski definition) is 2. The lowest BCUT2D eigenvalue weighted by Crippen LogP contribution is -2.48. The first-order chi connectivity index (χ1) is 13.0. The molecular weight excluding hydrogens is 366 g/mol. The zero-order valence-electron chi connectivity index (χ0n) is 15.4. The van der Waals surface area contributed by atoms with E-state index in [-0.39, 0.29) is 18.4 Å². The highest BCUT2D eigenvalue weighted by Gasteiger charge is 2.20. The molecule has 2 heterocycles. The molecule has 3 rings (SSSR count). The quantitative estimate of drug-likeness (QED) is 0.818. The van der Waals surface area contributed by atoms with Gasteiger partial charge in [0.05, 0.1) is 19.2 Å². The molecule has 0 atom stereocenters. The molecule has 0 unspecified atom stereocenters. The van der Waals surface area contributed by atoms with E-state index in [1.807, 2.05) is 7.05 Å². The number of nitrogens with zero attached hydrogens (tertiary/aromatic N) is 3. The van der Waals surface area contributed by atoms with E-state index in [1.54, 1.807) is 41.7 Å². The zero-order valence-corrected chi connectivity index (χ0v) is 16.2. The third-order valence-corrected chi connectivity index (χ3v) is 5.08. The van der Waals surface area contributed by atoms with Gasteiger partial charge in [-0.25, -0.2) is 9.78 Å². The van der Waals surface area contributed by atoms with Crippen molar-refractivity contribution in [1.29, 1.82) is 0 Å². The van der Waals surface area contributed by atoms with Crippen molar-refractivity contribution in [3.8, 4) is 5.75 Å². The summed E-state index contributed by atoms with van der Waals surface area (Å²) in [6, 6.07) is 6.97. The predicted molar refractivity (Wildman–Crippen MR) is 106 cm³/mol. The van der Waals surface area contributed by atoms with Crippen LogP contribution in [0.5, 0.6) is 5.75 Å². The zero-order chi connectivity index (χ0) is 19.2. The summed E-state index contributed by atoms with van der Waals surface area (Å²) in [6.45, 7) is 3.12. The van der Waals surface area contributed by atoms with Gasteiger partial charge < -0.3 is 19.9 Å². The molecule has 1 aliphatic heterocycles. The van der Waals surface area contributed by atoms with Gasteiger partial charge in [-0.1, -0.05) is 0 Å². The number of rotatable bonds is 5. The second kappa shape index (κ2) is 8.83. The minimum atomic E-state index is -0.164. The maximum absolute atomic E-state index is 12.3. The van der Waals surface area contributed by atoms with Crippen LogP contribution in [-0.4, -0.2) is 67.1 Å². The number of ether oxygens (including phenoxy) is 1. The fourth-order valence-electron chi connectivity index (χ4n) is 2.67. The summed E-state index contributed by atoms with van der Waals surface area (Å²) < 4.78 is 5.09. The number of likely N-dealkylation sites (N-methyl/N-ethyl adjacent to an activating group) is 1. The molecule has 0 radical (unpaired) electrons. The number of urea groups is 1. The normalized spacial score (nSPS) is 14.7. The molecule has 1 saturated heterocycles. The van der Waals surface area contributed by atoms with E-state index < -0.39 is 0 Å².